The van der Waals surface area contributed by atoms with Gasteiger partial charge in [-0.1, -0.05) is 12.1 Å². The Morgan fingerprint density at radius 3 is 2.67 bits per heavy atom. The lowest BCUT2D eigenvalue weighted by molar-refractivity contribution is 0.103. The van der Waals surface area contributed by atoms with Gasteiger partial charge in [-0.2, -0.15) is 10.2 Å². The molecule has 0 saturated carbocycles. The first-order chi connectivity index (χ1) is 13.0. The van der Waals surface area contributed by atoms with Gasteiger partial charge in [-0.05, 0) is 56.7 Å². The zero-order valence-corrected chi connectivity index (χ0v) is 16.1. The summed E-state index contributed by atoms with van der Waals surface area (Å²) >= 11 is 0. The van der Waals surface area contributed by atoms with Gasteiger partial charge in [0.2, 0.25) is 5.78 Å². The average molecular weight is 364 g/mol. The van der Waals surface area contributed by atoms with Gasteiger partial charge in [-0.25, -0.2) is 0 Å². The topological polar surface area (TPSA) is 61.9 Å². The van der Waals surface area contributed by atoms with Crippen molar-refractivity contribution >= 4 is 11.9 Å². The summed E-state index contributed by atoms with van der Waals surface area (Å²) in [5, 5.41) is 8.66. The molecular formula is C21H24N4O2. The molecule has 0 spiro atoms. The predicted octanol–water partition coefficient (Wildman–Crippen LogP) is 3.67. The summed E-state index contributed by atoms with van der Waals surface area (Å²) in [5.41, 5.74) is 4.62. The number of carbonyl (C=O) groups excluding carboxylic acids is 1. The van der Waals surface area contributed by atoms with Crippen LogP contribution in [0.25, 0.3) is 6.08 Å². The monoisotopic (exact) mass is 364 g/mol. The molecule has 0 radical (unpaired) electrons. The Hall–Kier alpha value is -3.15. The van der Waals surface area contributed by atoms with E-state index in [2.05, 4.69) is 10.2 Å². The zero-order valence-electron chi connectivity index (χ0n) is 16.1. The third-order valence-electron chi connectivity index (χ3n) is 4.42. The van der Waals surface area contributed by atoms with Gasteiger partial charge in [0.25, 0.3) is 0 Å². The number of aryl methyl sites for hydroxylation is 3. The molecule has 27 heavy (non-hydrogen) atoms. The Labute approximate surface area is 159 Å². The second-order valence-corrected chi connectivity index (χ2v) is 6.39. The first-order valence-electron chi connectivity index (χ1n) is 8.94. The van der Waals surface area contributed by atoms with Crippen LogP contribution in [0.2, 0.25) is 0 Å². The highest BCUT2D eigenvalue weighted by atomic mass is 16.5. The van der Waals surface area contributed by atoms with Crippen molar-refractivity contribution in [2.24, 2.45) is 0 Å². The third kappa shape index (κ3) is 4.16. The lowest BCUT2D eigenvalue weighted by Gasteiger charge is -2.11. The second kappa shape index (κ2) is 8.03. The molecule has 2 heterocycles. The largest absolute Gasteiger partial charge is 0.496 e. The standard InChI is InChI=1S/C21H24N4O2/c1-5-24-19(10-11-22-24)20(26)8-6-17-7-9-21(27-4)18(13-17)14-25-16(3)12-15(2)23-25/h6-13H,5,14H2,1-4H3/b8-6+. The molecule has 0 aliphatic heterocycles. The van der Waals surface area contributed by atoms with Crippen LogP contribution >= 0.6 is 0 Å². The summed E-state index contributed by atoms with van der Waals surface area (Å²) in [4.78, 5) is 12.4. The number of carbonyl (C=O) groups is 1. The third-order valence-corrected chi connectivity index (χ3v) is 4.42. The van der Waals surface area contributed by atoms with E-state index in [4.69, 9.17) is 4.74 Å². The van der Waals surface area contributed by atoms with Crippen molar-refractivity contribution in [3.63, 3.8) is 0 Å². The van der Waals surface area contributed by atoms with Crippen molar-refractivity contribution in [2.45, 2.75) is 33.9 Å². The fourth-order valence-electron chi connectivity index (χ4n) is 3.07. The smallest absolute Gasteiger partial charge is 0.203 e. The first kappa shape index (κ1) is 18.6. The molecule has 6 heteroatoms. The first-order valence-corrected chi connectivity index (χ1v) is 8.94. The summed E-state index contributed by atoms with van der Waals surface area (Å²) < 4.78 is 9.13. The van der Waals surface area contributed by atoms with Crippen molar-refractivity contribution in [3.8, 4) is 5.75 Å². The molecule has 6 nitrogen and oxygen atoms in total. The van der Waals surface area contributed by atoms with Crippen molar-refractivity contribution in [3.05, 3.63) is 70.8 Å². The van der Waals surface area contributed by atoms with Gasteiger partial charge in [0.15, 0.2) is 0 Å². The van der Waals surface area contributed by atoms with Crippen LogP contribution in [0.5, 0.6) is 5.75 Å². The number of hydrogen-bond donors (Lipinski definition) is 0. The molecule has 3 rings (SSSR count). The summed E-state index contributed by atoms with van der Waals surface area (Å²) in [5.74, 6) is 0.736. The van der Waals surface area contributed by atoms with Crippen molar-refractivity contribution < 1.29 is 9.53 Å². The molecule has 140 valence electrons. The van der Waals surface area contributed by atoms with Gasteiger partial charge in [0.1, 0.15) is 11.4 Å². The summed E-state index contributed by atoms with van der Waals surface area (Å²) in [7, 11) is 1.66. The molecule has 0 atom stereocenters. The highest BCUT2D eigenvalue weighted by molar-refractivity contribution is 6.05. The molecule has 3 aromatic rings. The number of rotatable bonds is 7. The minimum absolute atomic E-state index is 0.0646. The van der Waals surface area contributed by atoms with E-state index in [-0.39, 0.29) is 5.78 Å². The van der Waals surface area contributed by atoms with Crippen molar-refractivity contribution in [1.82, 2.24) is 19.6 Å². The van der Waals surface area contributed by atoms with E-state index in [0.29, 0.717) is 18.8 Å². The molecule has 0 saturated heterocycles. The van der Waals surface area contributed by atoms with Crippen LogP contribution in [-0.4, -0.2) is 32.5 Å². The van der Waals surface area contributed by atoms with Crippen LogP contribution in [0.4, 0.5) is 0 Å². The maximum atomic E-state index is 12.4. The highest BCUT2D eigenvalue weighted by Crippen LogP contribution is 2.22. The lowest BCUT2D eigenvalue weighted by Crippen LogP contribution is -2.07. The van der Waals surface area contributed by atoms with Crippen LogP contribution in [0.3, 0.4) is 0 Å². The van der Waals surface area contributed by atoms with Crippen molar-refractivity contribution in [2.75, 3.05) is 7.11 Å². The molecular weight excluding hydrogens is 340 g/mol. The number of allylic oxidation sites excluding steroid dienone is 1. The fourth-order valence-corrected chi connectivity index (χ4v) is 3.07. The van der Waals surface area contributed by atoms with E-state index in [1.165, 1.54) is 0 Å². The van der Waals surface area contributed by atoms with E-state index in [0.717, 1.165) is 28.3 Å². The van der Waals surface area contributed by atoms with E-state index in [1.807, 2.05) is 55.8 Å². The SMILES string of the molecule is CCn1nccc1C(=O)/C=C/c1ccc(OC)c(Cn2nc(C)cc2C)c1. The highest BCUT2D eigenvalue weighted by Gasteiger charge is 2.10. The summed E-state index contributed by atoms with van der Waals surface area (Å²) in [6, 6.07) is 9.66. The van der Waals surface area contributed by atoms with Crippen LogP contribution in [0.1, 0.15) is 39.9 Å². The van der Waals surface area contributed by atoms with E-state index < -0.39 is 0 Å². The number of methoxy groups -OCH3 is 1. The van der Waals surface area contributed by atoms with Crippen LogP contribution < -0.4 is 4.74 Å². The minimum Gasteiger partial charge on any atom is -0.496 e. The predicted molar refractivity (Wildman–Crippen MR) is 105 cm³/mol. The Balaban J connectivity index is 1.84. The minimum atomic E-state index is -0.0646. The maximum absolute atomic E-state index is 12.4. The van der Waals surface area contributed by atoms with Gasteiger partial charge in [0.05, 0.1) is 19.3 Å². The lowest BCUT2D eigenvalue weighted by atomic mass is 10.1. The molecule has 2 aromatic heterocycles. The number of aromatic nitrogens is 4. The molecule has 0 N–H and O–H groups in total. The van der Waals surface area contributed by atoms with Crippen molar-refractivity contribution in [1.29, 1.82) is 0 Å². The number of hydrogen-bond acceptors (Lipinski definition) is 4. The molecule has 1 aromatic carbocycles. The van der Waals surface area contributed by atoms with Gasteiger partial charge in [-0.15, -0.1) is 0 Å². The number of benzene rings is 1. The molecule has 0 amide bonds. The van der Waals surface area contributed by atoms with E-state index in [9.17, 15) is 4.79 Å². The number of nitrogens with zero attached hydrogens (tertiary/aromatic N) is 4. The van der Waals surface area contributed by atoms with Crippen LogP contribution in [0.15, 0.2) is 42.6 Å². The van der Waals surface area contributed by atoms with Gasteiger partial charge < -0.3 is 4.74 Å². The Bertz CT molecular complexity index is 982. The Morgan fingerprint density at radius 2 is 2.00 bits per heavy atom. The quantitative estimate of drug-likeness (QED) is 0.474. The Morgan fingerprint density at radius 1 is 1.19 bits per heavy atom. The summed E-state index contributed by atoms with van der Waals surface area (Å²) in [6.45, 7) is 7.25. The summed E-state index contributed by atoms with van der Waals surface area (Å²) in [6.07, 6.45) is 5.04. The molecule has 0 bridgehead atoms. The van der Waals surface area contributed by atoms with Crippen LogP contribution in [-0.2, 0) is 13.1 Å². The molecule has 0 aliphatic rings. The fraction of sp³-hybridized carbons (Fsp3) is 0.286. The number of ether oxygens (including phenoxy) is 1. The average Bonchev–Trinajstić information content (AvgIpc) is 3.26. The van der Waals surface area contributed by atoms with E-state index in [1.54, 1.807) is 30.1 Å². The van der Waals surface area contributed by atoms with Crippen LogP contribution in [0, 0.1) is 13.8 Å². The number of ketones is 1. The van der Waals surface area contributed by atoms with E-state index >= 15 is 0 Å². The molecule has 0 fully saturated rings. The van der Waals surface area contributed by atoms with Gasteiger partial charge >= 0.3 is 0 Å². The van der Waals surface area contributed by atoms with Gasteiger partial charge in [-0.3, -0.25) is 14.2 Å². The van der Waals surface area contributed by atoms with Gasteiger partial charge in [0, 0.05) is 24.0 Å². The second-order valence-electron chi connectivity index (χ2n) is 6.39. The Kier molecular flexibility index (Phi) is 5.54. The normalized spacial score (nSPS) is 11.3. The maximum Gasteiger partial charge on any atom is 0.203 e. The molecule has 0 unspecified atom stereocenters. The zero-order chi connectivity index (χ0) is 19.4. The molecule has 0 aliphatic carbocycles.